The molecule has 0 aromatic rings. The van der Waals surface area contributed by atoms with Crippen molar-refractivity contribution in [2.45, 2.75) is 38.7 Å². The summed E-state index contributed by atoms with van der Waals surface area (Å²) in [4.78, 5) is 10.0. The predicted octanol–water partition coefficient (Wildman–Crippen LogP) is 1.01. The van der Waals surface area contributed by atoms with E-state index in [1.807, 2.05) is 6.92 Å². The molecule has 0 bridgehead atoms. The fourth-order valence-electron chi connectivity index (χ4n) is 0.711. The summed E-state index contributed by atoms with van der Waals surface area (Å²) in [6.07, 6.45) is 2.05. The summed E-state index contributed by atoms with van der Waals surface area (Å²) in [5.74, 6) is -1.11. The monoisotopic (exact) mass is 146 g/mol. The summed E-state index contributed by atoms with van der Waals surface area (Å²) >= 11 is 0. The Bertz CT molecular complexity index is 101. The molecule has 0 aliphatic carbocycles. The molecule has 0 heterocycles. The van der Waals surface area contributed by atoms with E-state index in [2.05, 4.69) is 0 Å². The van der Waals surface area contributed by atoms with Gasteiger partial charge in [0.05, 0.1) is 0 Å². The van der Waals surface area contributed by atoms with Gasteiger partial charge in [0, 0.05) is 0 Å². The molecule has 0 saturated carbocycles. The SMILES string of the molecule is CCCCC[C@@H](O)C(=O)O. The standard InChI is InChI=1S/C7H14O3/c1-2-3-4-5-6(8)7(9)10/h6,8H,2-5H2,1H3,(H,9,10)/t6-/m1/s1. The normalized spacial score (nSPS) is 13.0. The number of rotatable bonds is 5. The van der Waals surface area contributed by atoms with Crippen molar-refractivity contribution in [3.8, 4) is 0 Å². The van der Waals surface area contributed by atoms with Gasteiger partial charge in [-0.15, -0.1) is 0 Å². The van der Waals surface area contributed by atoms with E-state index in [1.165, 1.54) is 0 Å². The minimum absolute atomic E-state index is 0.378. The Morgan fingerprint density at radius 1 is 1.50 bits per heavy atom. The molecule has 10 heavy (non-hydrogen) atoms. The summed E-state index contributed by atoms with van der Waals surface area (Å²) in [6, 6.07) is 0. The quantitative estimate of drug-likeness (QED) is 0.569. The van der Waals surface area contributed by atoms with Gasteiger partial charge < -0.3 is 10.2 Å². The molecule has 0 radical (unpaired) electrons. The molecule has 0 aromatic heterocycles. The zero-order chi connectivity index (χ0) is 7.98. The molecule has 3 nitrogen and oxygen atoms in total. The molecular weight excluding hydrogens is 132 g/mol. The number of carboxylic acid groups (broad SMARTS) is 1. The van der Waals surface area contributed by atoms with Crippen LogP contribution in [0.15, 0.2) is 0 Å². The highest BCUT2D eigenvalue weighted by atomic mass is 16.4. The number of aliphatic carboxylic acids is 1. The first-order valence-corrected chi connectivity index (χ1v) is 3.59. The van der Waals surface area contributed by atoms with Crippen LogP contribution in [-0.4, -0.2) is 22.3 Å². The summed E-state index contributed by atoms with van der Waals surface area (Å²) in [7, 11) is 0. The Hall–Kier alpha value is -0.570. The molecule has 2 N–H and O–H groups in total. The van der Waals surface area contributed by atoms with Crippen LogP contribution in [0.25, 0.3) is 0 Å². The maximum Gasteiger partial charge on any atom is 0.332 e. The number of unbranched alkanes of at least 4 members (excludes halogenated alkanes) is 2. The van der Waals surface area contributed by atoms with Gasteiger partial charge in [-0.1, -0.05) is 26.2 Å². The van der Waals surface area contributed by atoms with E-state index in [0.29, 0.717) is 6.42 Å². The maximum absolute atomic E-state index is 10.0. The summed E-state index contributed by atoms with van der Waals surface area (Å²) < 4.78 is 0. The van der Waals surface area contributed by atoms with E-state index in [0.717, 1.165) is 19.3 Å². The van der Waals surface area contributed by atoms with Crippen molar-refractivity contribution in [1.29, 1.82) is 0 Å². The molecule has 0 aliphatic heterocycles. The fraction of sp³-hybridized carbons (Fsp3) is 0.857. The zero-order valence-corrected chi connectivity index (χ0v) is 6.21. The highest BCUT2D eigenvalue weighted by Crippen LogP contribution is 2.02. The summed E-state index contributed by atoms with van der Waals surface area (Å²) in [6.45, 7) is 2.03. The third-order valence-corrected chi connectivity index (χ3v) is 1.37. The third-order valence-electron chi connectivity index (χ3n) is 1.37. The lowest BCUT2D eigenvalue weighted by molar-refractivity contribution is -0.146. The van der Waals surface area contributed by atoms with Crippen LogP contribution < -0.4 is 0 Å². The second-order valence-electron chi connectivity index (χ2n) is 2.35. The van der Waals surface area contributed by atoms with Crippen LogP contribution in [0.2, 0.25) is 0 Å². The molecule has 0 fully saturated rings. The van der Waals surface area contributed by atoms with Gasteiger partial charge in [-0.2, -0.15) is 0 Å². The molecule has 0 aromatic carbocycles. The van der Waals surface area contributed by atoms with Crippen LogP contribution in [0.3, 0.4) is 0 Å². The second kappa shape index (κ2) is 5.23. The van der Waals surface area contributed by atoms with Crippen molar-refractivity contribution in [2.75, 3.05) is 0 Å². The van der Waals surface area contributed by atoms with Crippen molar-refractivity contribution >= 4 is 5.97 Å². The van der Waals surface area contributed by atoms with E-state index >= 15 is 0 Å². The van der Waals surface area contributed by atoms with Gasteiger partial charge in [0.15, 0.2) is 6.10 Å². The molecule has 0 amide bonds. The maximum atomic E-state index is 10.0. The first-order valence-electron chi connectivity index (χ1n) is 3.59. The Morgan fingerprint density at radius 3 is 2.50 bits per heavy atom. The number of aliphatic hydroxyl groups is 1. The Kier molecular flexibility index (Phi) is 4.94. The van der Waals surface area contributed by atoms with Gasteiger partial charge >= 0.3 is 5.97 Å². The lowest BCUT2D eigenvalue weighted by Gasteiger charge is -2.02. The van der Waals surface area contributed by atoms with E-state index in [4.69, 9.17) is 10.2 Å². The highest BCUT2D eigenvalue weighted by molar-refractivity contribution is 5.71. The first-order chi connectivity index (χ1) is 4.68. The molecule has 0 spiro atoms. The third kappa shape index (κ3) is 4.32. The highest BCUT2D eigenvalue weighted by Gasteiger charge is 2.10. The van der Waals surface area contributed by atoms with Crippen molar-refractivity contribution in [3.63, 3.8) is 0 Å². The number of carboxylic acids is 1. The van der Waals surface area contributed by atoms with Crippen LogP contribution >= 0.6 is 0 Å². The van der Waals surface area contributed by atoms with Crippen molar-refractivity contribution in [2.24, 2.45) is 0 Å². The minimum atomic E-state index is -1.16. The van der Waals surface area contributed by atoms with Crippen LogP contribution in [0.5, 0.6) is 0 Å². The number of carbonyl (C=O) groups is 1. The van der Waals surface area contributed by atoms with Crippen LogP contribution in [0, 0.1) is 0 Å². The van der Waals surface area contributed by atoms with E-state index in [-0.39, 0.29) is 0 Å². The fourth-order valence-corrected chi connectivity index (χ4v) is 0.711. The summed E-state index contributed by atoms with van der Waals surface area (Å²) in [5.41, 5.74) is 0. The van der Waals surface area contributed by atoms with Gasteiger partial charge in [0.1, 0.15) is 0 Å². The molecule has 1 atom stereocenters. The van der Waals surface area contributed by atoms with Crippen molar-refractivity contribution < 1.29 is 15.0 Å². The molecule has 0 unspecified atom stereocenters. The average Bonchev–Trinajstić information content (AvgIpc) is 1.88. The minimum Gasteiger partial charge on any atom is -0.479 e. The van der Waals surface area contributed by atoms with Gasteiger partial charge in [0.2, 0.25) is 0 Å². The topological polar surface area (TPSA) is 57.5 Å². The van der Waals surface area contributed by atoms with Crippen molar-refractivity contribution in [3.05, 3.63) is 0 Å². The lowest BCUT2D eigenvalue weighted by atomic mass is 10.1. The van der Waals surface area contributed by atoms with Gasteiger partial charge in [0.25, 0.3) is 0 Å². The van der Waals surface area contributed by atoms with E-state index < -0.39 is 12.1 Å². The molecule has 0 saturated heterocycles. The van der Waals surface area contributed by atoms with E-state index in [9.17, 15) is 4.79 Å². The predicted molar refractivity (Wildman–Crippen MR) is 37.8 cm³/mol. The Morgan fingerprint density at radius 2 is 2.10 bits per heavy atom. The lowest BCUT2D eigenvalue weighted by Crippen LogP contribution is -2.18. The molecule has 3 heteroatoms. The van der Waals surface area contributed by atoms with Crippen LogP contribution in [-0.2, 0) is 4.79 Å². The number of hydrogen-bond donors (Lipinski definition) is 2. The smallest absolute Gasteiger partial charge is 0.332 e. The molecular formula is C7H14O3. The average molecular weight is 146 g/mol. The zero-order valence-electron chi connectivity index (χ0n) is 6.21. The summed E-state index contributed by atoms with van der Waals surface area (Å²) in [5, 5.41) is 17.0. The van der Waals surface area contributed by atoms with Crippen molar-refractivity contribution in [1.82, 2.24) is 0 Å². The molecule has 60 valence electrons. The van der Waals surface area contributed by atoms with E-state index in [1.54, 1.807) is 0 Å². The van der Waals surface area contributed by atoms with Gasteiger partial charge in [-0.05, 0) is 6.42 Å². The van der Waals surface area contributed by atoms with Gasteiger partial charge in [-0.3, -0.25) is 0 Å². The number of hydrogen-bond acceptors (Lipinski definition) is 2. The Balaban J connectivity index is 3.21. The largest absolute Gasteiger partial charge is 0.479 e. The second-order valence-corrected chi connectivity index (χ2v) is 2.35. The molecule has 0 rings (SSSR count). The number of aliphatic hydroxyl groups excluding tert-OH is 1. The van der Waals surface area contributed by atoms with Crippen LogP contribution in [0.4, 0.5) is 0 Å². The molecule has 0 aliphatic rings. The Labute approximate surface area is 60.7 Å². The van der Waals surface area contributed by atoms with Crippen LogP contribution in [0.1, 0.15) is 32.6 Å². The van der Waals surface area contributed by atoms with Gasteiger partial charge in [-0.25, -0.2) is 4.79 Å². The first kappa shape index (κ1) is 9.43.